The molecule has 1 heteroatoms. The molecule has 0 bridgehead atoms. The summed E-state index contributed by atoms with van der Waals surface area (Å²) < 4.78 is 0. The smallest absolute Gasteiger partial charge is 0.00200 e. The number of aryl methyl sites for hydroxylation is 1. The number of unbranched alkanes of at least 4 members (excludes halogenated alkanes) is 7. The van der Waals surface area contributed by atoms with E-state index in [1.54, 1.807) is 0 Å². The van der Waals surface area contributed by atoms with Crippen LogP contribution in [0.25, 0.3) is 98.4 Å². The van der Waals surface area contributed by atoms with Gasteiger partial charge in [-0.1, -0.05) is 196 Å². The average Bonchev–Trinajstić information content (AvgIpc) is 3.30. The monoisotopic (exact) mass is 778 g/mol. The minimum atomic E-state index is 1.01. The molecule has 288 valence electrons. The van der Waals surface area contributed by atoms with E-state index in [2.05, 4.69) is 189 Å². The van der Waals surface area contributed by atoms with E-state index in [1.807, 2.05) is 0 Å². The second-order valence-corrected chi connectivity index (χ2v) is 16.9. The third-order valence-electron chi connectivity index (χ3n) is 12.7. The van der Waals surface area contributed by atoms with Crippen molar-refractivity contribution < 1.29 is 0 Å². The Bertz CT molecular complexity index is 2980. The molecule has 0 radical (unpaired) electrons. The highest BCUT2D eigenvalue weighted by Crippen LogP contribution is 2.48. The van der Waals surface area contributed by atoms with Gasteiger partial charge in [0.05, 0.1) is 0 Å². The van der Waals surface area contributed by atoms with Crippen LogP contribution in [0.1, 0.15) is 56.9 Å². The molecule has 0 aliphatic rings. The number of hydrogen-bond donors (Lipinski definition) is 1. The first kappa shape index (κ1) is 37.4. The van der Waals surface area contributed by atoms with E-state index in [1.165, 1.54) is 155 Å². The Labute approximate surface area is 354 Å². The van der Waals surface area contributed by atoms with Gasteiger partial charge in [0.25, 0.3) is 0 Å². The molecule has 0 aromatic heterocycles. The first-order valence-corrected chi connectivity index (χ1v) is 22.4. The molecule has 0 atom stereocenters. The van der Waals surface area contributed by atoms with Crippen molar-refractivity contribution in [1.82, 2.24) is 0 Å². The van der Waals surface area contributed by atoms with Crippen molar-refractivity contribution in [3.63, 3.8) is 0 Å². The molecular weight excluding hydrogens is 729 g/mol. The van der Waals surface area contributed by atoms with E-state index in [0.29, 0.717) is 0 Å². The molecule has 0 aliphatic carbocycles. The fraction of sp³-hybridized carbons (Fsp3) is 0.172. The van der Waals surface area contributed by atoms with E-state index >= 15 is 0 Å². The predicted octanol–water partition coefficient (Wildman–Crippen LogP) is 17.2. The van der Waals surface area contributed by atoms with Gasteiger partial charge in [-0.3, -0.25) is 0 Å². The number of hydrogen-bond acceptors (Lipinski definition) is 1. The van der Waals surface area contributed by atoms with Gasteiger partial charge in [0.1, 0.15) is 0 Å². The Morgan fingerprint density at radius 1 is 0.305 bits per heavy atom. The van der Waals surface area contributed by atoms with E-state index in [0.717, 1.165) is 12.2 Å². The van der Waals surface area contributed by atoms with Gasteiger partial charge in [-0.25, -0.2) is 0 Å². The van der Waals surface area contributed by atoms with Crippen molar-refractivity contribution in [2.75, 3.05) is 5.75 Å². The number of thiol groups is 1. The maximum absolute atomic E-state index is 4.39. The van der Waals surface area contributed by atoms with Crippen molar-refractivity contribution in [3.8, 4) is 44.5 Å². The molecule has 10 rings (SSSR count). The van der Waals surface area contributed by atoms with E-state index in [9.17, 15) is 0 Å². The lowest BCUT2D eigenvalue weighted by atomic mass is 9.82. The summed E-state index contributed by atoms with van der Waals surface area (Å²) in [5.74, 6) is 1.01. The second kappa shape index (κ2) is 16.8. The van der Waals surface area contributed by atoms with Crippen LogP contribution in [-0.4, -0.2) is 5.75 Å². The van der Waals surface area contributed by atoms with Crippen LogP contribution in [0.5, 0.6) is 0 Å². The molecule has 0 saturated carbocycles. The van der Waals surface area contributed by atoms with Gasteiger partial charge in [0.15, 0.2) is 0 Å². The van der Waals surface area contributed by atoms with Crippen molar-refractivity contribution >= 4 is 66.5 Å². The Balaban J connectivity index is 1.18. The van der Waals surface area contributed by atoms with Crippen LogP contribution in [0.3, 0.4) is 0 Å². The molecule has 0 heterocycles. The highest BCUT2D eigenvalue weighted by atomic mass is 32.1. The normalized spacial score (nSPS) is 11.8. The molecule has 59 heavy (non-hydrogen) atoms. The number of fused-ring (bicyclic) bond motifs is 2. The zero-order valence-electron chi connectivity index (χ0n) is 33.8. The summed E-state index contributed by atoms with van der Waals surface area (Å²) in [4.78, 5) is 0. The Kier molecular flexibility index (Phi) is 10.6. The first-order chi connectivity index (χ1) is 29.2. The summed E-state index contributed by atoms with van der Waals surface area (Å²) in [6, 6.07) is 66.3. The van der Waals surface area contributed by atoms with Crippen LogP contribution in [0.4, 0.5) is 0 Å². The van der Waals surface area contributed by atoms with Gasteiger partial charge < -0.3 is 0 Å². The minimum Gasteiger partial charge on any atom is -0.179 e. The summed E-state index contributed by atoms with van der Waals surface area (Å²) in [6.07, 6.45) is 11.5. The van der Waals surface area contributed by atoms with Crippen LogP contribution in [-0.2, 0) is 6.42 Å². The molecule has 0 aliphatic heterocycles. The highest BCUT2D eigenvalue weighted by Gasteiger charge is 2.21. The second-order valence-electron chi connectivity index (χ2n) is 16.5. The maximum Gasteiger partial charge on any atom is -0.00200 e. The zero-order valence-corrected chi connectivity index (χ0v) is 34.7. The van der Waals surface area contributed by atoms with Crippen LogP contribution in [0.2, 0.25) is 0 Å². The summed E-state index contributed by atoms with van der Waals surface area (Å²) in [6.45, 7) is 0. The van der Waals surface area contributed by atoms with Crippen molar-refractivity contribution in [1.29, 1.82) is 0 Å². The minimum absolute atomic E-state index is 1.01. The standard InChI is InChI=1S/C58H50S/c59-35-16-6-4-2-1-3-5-9-18-40-27-32-53-54(36-40)58(52-34-31-45-29-28-43-23-17-24-44-30-33-51(52)57(45)55(43)44)50-26-15-14-25-49(50)56(53)48-38-46(41-19-10-7-11-20-41)37-47(39-48)42-21-12-8-13-22-42/h7-8,10-15,17,19-34,36-39,59H,1-6,9,16,18,35H2. The molecular formula is C58H50S. The molecule has 0 unspecified atom stereocenters. The van der Waals surface area contributed by atoms with Crippen LogP contribution in [0, 0.1) is 0 Å². The SMILES string of the molecule is SCCCCCCCCCCc1ccc2c(-c3cc(-c4ccccc4)cc(-c4ccccc4)c3)c3ccccc3c(-c3ccc4ccc5cccc6ccc3c4c56)c2c1. The molecule has 0 amide bonds. The number of benzene rings is 10. The molecule has 0 fully saturated rings. The van der Waals surface area contributed by atoms with Gasteiger partial charge in [-0.05, 0) is 147 Å². The summed E-state index contributed by atoms with van der Waals surface area (Å²) in [5, 5.41) is 13.2. The van der Waals surface area contributed by atoms with Crippen LogP contribution in [0.15, 0.2) is 176 Å². The van der Waals surface area contributed by atoms with Gasteiger partial charge in [-0.2, -0.15) is 12.6 Å². The van der Waals surface area contributed by atoms with Crippen molar-refractivity contribution in [2.45, 2.75) is 57.8 Å². The Hall–Kier alpha value is -5.89. The fourth-order valence-electron chi connectivity index (χ4n) is 9.80. The predicted molar refractivity (Wildman–Crippen MR) is 261 cm³/mol. The van der Waals surface area contributed by atoms with Crippen LogP contribution >= 0.6 is 12.6 Å². The Morgan fingerprint density at radius 2 is 0.814 bits per heavy atom. The summed E-state index contributed by atoms with van der Waals surface area (Å²) >= 11 is 4.39. The lowest BCUT2D eigenvalue weighted by molar-refractivity contribution is 0.577. The molecule has 0 spiro atoms. The van der Waals surface area contributed by atoms with Gasteiger partial charge >= 0.3 is 0 Å². The molecule has 0 N–H and O–H groups in total. The number of rotatable bonds is 14. The highest BCUT2D eigenvalue weighted by molar-refractivity contribution is 7.80. The maximum atomic E-state index is 4.39. The topological polar surface area (TPSA) is 0 Å². The lowest BCUT2D eigenvalue weighted by Crippen LogP contribution is -1.95. The van der Waals surface area contributed by atoms with Crippen molar-refractivity contribution in [2.24, 2.45) is 0 Å². The average molecular weight is 779 g/mol. The molecule has 10 aromatic rings. The Morgan fingerprint density at radius 3 is 1.47 bits per heavy atom. The van der Waals surface area contributed by atoms with Gasteiger partial charge in [0.2, 0.25) is 0 Å². The molecule has 10 aromatic carbocycles. The van der Waals surface area contributed by atoms with E-state index < -0.39 is 0 Å². The van der Waals surface area contributed by atoms with Crippen molar-refractivity contribution in [3.05, 3.63) is 181 Å². The third-order valence-corrected chi connectivity index (χ3v) is 13.0. The van der Waals surface area contributed by atoms with E-state index in [-0.39, 0.29) is 0 Å². The largest absolute Gasteiger partial charge is 0.179 e. The van der Waals surface area contributed by atoms with E-state index in [4.69, 9.17) is 0 Å². The van der Waals surface area contributed by atoms with Gasteiger partial charge in [-0.15, -0.1) is 0 Å². The zero-order chi connectivity index (χ0) is 39.5. The molecule has 0 saturated heterocycles. The van der Waals surface area contributed by atoms with Gasteiger partial charge in [0, 0.05) is 0 Å². The van der Waals surface area contributed by atoms with Crippen LogP contribution < -0.4 is 0 Å². The lowest BCUT2D eigenvalue weighted by Gasteiger charge is -2.21. The first-order valence-electron chi connectivity index (χ1n) is 21.8. The quantitative estimate of drug-likeness (QED) is 0.0483. The molecule has 0 nitrogen and oxygen atoms in total. The summed E-state index contributed by atoms with van der Waals surface area (Å²) in [7, 11) is 0. The third kappa shape index (κ3) is 7.28. The summed E-state index contributed by atoms with van der Waals surface area (Å²) in [5.41, 5.74) is 11.5. The fourth-order valence-corrected chi connectivity index (χ4v) is 10.0.